The Morgan fingerprint density at radius 1 is 1.30 bits per heavy atom. The fourth-order valence-corrected chi connectivity index (χ4v) is 4.05. The van der Waals surface area contributed by atoms with Crippen molar-refractivity contribution in [3.05, 3.63) is 48.0 Å². The molecule has 7 nitrogen and oxygen atoms in total. The van der Waals surface area contributed by atoms with Crippen molar-refractivity contribution >= 4 is 5.91 Å². The van der Waals surface area contributed by atoms with E-state index in [2.05, 4.69) is 10.1 Å². The maximum Gasteiger partial charge on any atom is 0.272 e. The summed E-state index contributed by atoms with van der Waals surface area (Å²) in [7, 11) is 1.79. The molecule has 1 spiro atoms. The molecule has 0 radical (unpaired) electrons. The number of carbonyl (C=O) groups is 1. The number of nitrogens with zero attached hydrogens (tertiary/aromatic N) is 4. The summed E-state index contributed by atoms with van der Waals surface area (Å²) in [5.74, 6) is 0.622. The van der Waals surface area contributed by atoms with E-state index in [1.54, 1.807) is 36.4 Å². The van der Waals surface area contributed by atoms with Crippen LogP contribution in [0.5, 0.6) is 0 Å². The molecule has 0 N–H and O–H groups in total. The molecule has 2 aliphatic rings. The molecule has 0 aliphatic carbocycles. The van der Waals surface area contributed by atoms with Crippen LogP contribution in [0.25, 0.3) is 0 Å². The Labute approximate surface area is 159 Å². The Morgan fingerprint density at radius 3 is 2.85 bits per heavy atom. The average molecular weight is 370 g/mol. The van der Waals surface area contributed by atoms with Crippen LogP contribution in [0.1, 0.15) is 35.3 Å². The molecule has 0 saturated carbocycles. The zero-order valence-electron chi connectivity index (χ0n) is 15.7. The van der Waals surface area contributed by atoms with Crippen LogP contribution in [0.2, 0.25) is 0 Å². The first-order valence-electron chi connectivity index (χ1n) is 9.53. The van der Waals surface area contributed by atoms with E-state index in [0.717, 1.165) is 38.0 Å². The minimum atomic E-state index is -0.164. The van der Waals surface area contributed by atoms with Crippen molar-refractivity contribution in [1.82, 2.24) is 19.7 Å². The van der Waals surface area contributed by atoms with E-state index >= 15 is 0 Å². The van der Waals surface area contributed by atoms with Gasteiger partial charge in [0.25, 0.3) is 5.91 Å². The first-order valence-corrected chi connectivity index (χ1v) is 9.53. The number of hydrogen-bond acceptors (Lipinski definition) is 5. The van der Waals surface area contributed by atoms with Crippen molar-refractivity contribution in [2.75, 3.05) is 26.3 Å². The van der Waals surface area contributed by atoms with Gasteiger partial charge in [-0.1, -0.05) is 0 Å². The van der Waals surface area contributed by atoms with Gasteiger partial charge in [-0.05, 0) is 48.9 Å². The second-order valence-electron chi connectivity index (χ2n) is 7.59. The summed E-state index contributed by atoms with van der Waals surface area (Å²) < 4.78 is 13.5. The second-order valence-corrected chi connectivity index (χ2v) is 7.59. The van der Waals surface area contributed by atoms with E-state index in [0.29, 0.717) is 31.3 Å². The van der Waals surface area contributed by atoms with Crippen molar-refractivity contribution in [2.24, 2.45) is 13.0 Å². The monoisotopic (exact) mass is 370 g/mol. The van der Waals surface area contributed by atoms with Crippen molar-refractivity contribution in [3.8, 4) is 0 Å². The van der Waals surface area contributed by atoms with E-state index in [1.807, 2.05) is 17.0 Å². The summed E-state index contributed by atoms with van der Waals surface area (Å²) in [6.45, 7) is 3.49. The molecular formula is C20H26N4O3. The maximum atomic E-state index is 12.5. The Morgan fingerprint density at radius 2 is 2.11 bits per heavy atom. The van der Waals surface area contributed by atoms with Crippen LogP contribution in [-0.4, -0.2) is 57.5 Å². The first kappa shape index (κ1) is 18.1. The SMILES string of the molecule is Cn1nccc1C(=O)N1CC2(C[C@@H](CCOCc3ccncc3)CCO2)C1. The number of ether oxygens (including phenoxy) is 2. The van der Waals surface area contributed by atoms with Gasteiger partial charge in [-0.25, -0.2) is 0 Å². The van der Waals surface area contributed by atoms with Crippen molar-refractivity contribution < 1.29 is 14.3 Å². The summed E-state index contributed by atoms with van der Waals surface area (Å²) in [6, 6.07) is 5.72. The molecule has 2 aromatic rings. The molecule has 144 valence electrons. The standard InChI is InChI=1S/C20H26N4O3/c1-23-18(4-9-22-23)19(25)24-14-20(15-24)12-16(6-11-27-20)5-10-26-13-17-2-7-21-8-3-17/h2-4,7-9,16H,5-6,10-15H2,1H3/t16-/m0/s1. The highest BCUT2D eigenvalue weighted by molar-refractivity contribution is 5.93. The topological polar surface area (TPSA) is 69.5 Å². The van der Waals surface area contributed by atoms with Gasteiger partial charge in [0.05, 0.1) is 19.7 Å². The van der Waals surface area contributed by atoms with Gasteiger partial charge in [0.1, 0.15) is 11.3 Å². The normalized spacial score (nSPS) is 21.2. The fraction of sp³-hybridized carbons (Fsp3) is 0.550. The zero-order chi connectivity index (χ0) is 18.7. The number of pyridine rings is 1. The van der Waals surface area contributed by atoms with Crippen LogP contribution in [0, 0.1) is 5.92 Å². The molecule has 1 amide bonds. The molecule has 2 saturated heterocycles. The third-order valence-corrected chi connectivity index (χ3v) is 5.57. The van der Waals surface area contributed by atoms with E-state index in [1.165, 1.54) is 0 Å². The molecule has 2 fully saturated rings. The lowest BCUT2D eigenvalue weighted by Gasteiger charge is -2.53. The molecule has 27 heavy (non-hydrogen) atoms. The zero-order valence-corrected chi connectivity index (χ0v) is 15.7. The highest BCUT2D eigenvalue weighted by Gasteiger charge is 2.49. The maximum absolute atomic E-state index is 12.5. The number of aromatic nitrogens is 3. The van der Waals surface area contributed by atoms with Crippen LogP contribution in [-0.2, 0) is 23.1 Å². The number of amides is 1. The van der Waals surface area contributed by atoms with Gasteiger partial charge in [-0.15, -0.1) is 0 Å². The smallest absolute Gasteiger partial charge is 0.272 e. The van der Waals surface area contributed by atoms with Gasteiger partial charge in [-0.2, -0.15) is 5.10 Å². The number of likely N-dealkylation sites (tertiary alicyclic amines) is 1. The largest absolute Gasteiger partial charge is 0.377 e. The molecule has 7 heteroatoms. The highest BCUT2D eigenvalue weighted by Crippen LogP contribution is 2.38. The van der Waals surface area contributed by atoms with E-state index in [-0.39, 0.29) is 11.5 Å². The average Bonchev–Trinajstić information content (AvgIpc) is 3.10. The molecule has 2 aromatic heterocycles. The van der Waals surface area contributed by atoms with Gasteiger partial charge in [0.2, 0.25) is 0 Å². The van der Waals surface area contributed by atoms with E-state index < -0.39 is 0 Å². The fourth-order valence-electron chi connectivity index (χ4n) is 4.05. The minimum Gasteiger partial charge on any atom is -0.377 e. The van der Waals surface area contributed by atoms with Crippen molar-refractivity contribution in [3.63, 3.8) is 0 Å². The van der Waals surface area contributed by atoms with Crippen LogP contribution >= 0.6 is 0 Å². The van der Waals surface area contributed by atoms with Gasteiger partial charge >= 0.3 is 0 Å². The quantitative estimate of drug-likeness (QED) is 0.728. The summed E-state index contributed by atoms with van der Waals surface area (Å²) in [6.07, 6.45) is 8.33. The van der Waals surface area contributed by atoms with Gasteiger partial charge in [-0.3, -0.25) is 14.5 Å². The molecule has 0 bridgehead atoms. The molecular weight excluding hydrogens is 344 g/mol. The lowest BCUT2D eigenvalue weighted by molar-refractivity contribution is -0.167. The van der Waals surface area contributed by atoms with Crippen LogP contribution in [0.3, 0.4) is 0 Å². The van der Waals surface area contributed by atoms with Gasteiger partial charge < -0.3 is 14.4 Å². The summed E-state index contributed by atoms with van der Waals surface area (Å²) in [5.41, 5.74) is 1.61. The van der Waals surface area contributed by atoms with Gasteiger partial charge in [0, 0.05) is 38.9 Å². The summed E-state index contributed by atoms with van der Waals surface area (Å²) in [4.78, 5) is 18.4. The summed E-state index contributed by atoms with van der Waals surface area (Å²) >= 11 is 0. The Balaban J connectivity index is 1.22. The second kappa shape index (κ2) is 7.78. The number of hydrogen-bond donors (Lipinski definition) is 0. The van der Waals surface area contributed by atoms with E-state index in [4.69, 9.17) is 9.47 Å². The number of carbonyl (C=O) groups excluding carboxylic acids is 1. The Kier molecular flexibility index (Phi) is 5.22. The van der Waals surface area contributed by atoms with Crippen LogP contribution in [0.15, 0.2) is 36.8 Å². The number of rotatable bonds is 6. The third-order valence-electron chi connectivity index (χ3n) is 5.57. The highest BCUT2D eigenvalue weighted by atomic mass is 16.5. The molecule has 2 aliphatic heterocycles. The summed E-state index contributed by atoms with van der Waals surface area (Å²) in [5, 5.41) is 4.08. The lowest BCUT2D eigenvalue weighted by atomic mass is 9.79. The molecule has 0 aromatic carbocycles. The predicted octanol–water partition coefficient (Wildman–Crippen LogP) is 2.04. The molecule has 4 rings (SSSR count). The van der Waals surface area contributed by atoms with Gasteiger partial charge in [0.15, 0.2) is 0 Å². The van der Waals surface area contributed by atoms with E-state index in [9.17, 15) is 4.79 Å². The van der Waals surface area contributed by atoms with Crippen molar-refractivity contribution in [2.45, 2.75) is 31.5 Å². The first-order chi connectivity index (χ1) is 13.2. The Hall–Kier alpha value is -2.25. The van der Waals surface area contributed by atoms with Crippen LogP contribution < -0.4 is 0 Å². The lowest BCUT2D eigenvalue weighted by Crippen LogP contribution is -2.66. The van der Waals surface area contributed by atoms with Crippen LogP contribution in [0.4, 0.5) is 0 Å². The minimum absolute atomic E-state index is 0.0343. The Bertz CT molecular complexity index is 771. The molecule has 4 heterocycles. The molecule has 0 unspecified atom stereocenters. The van der Waals surface area contributed by atoms with Crippen molar-refractivity contribution in [1.29, 1.82) is 0 Å². The predicted molar refractivity (Wildman–Crippen MR) is 99.0 cm³/mol. The third kappa shape index (κ3) is 4.04. The number of aryl methyl sites for hydroxylation is 1. The molecule has 1 atom stereocenters.